The van der Waals surface area contributed by atoms with Gasteiger partial charge in [-0.15, -0.1) is 10.2 Å². The minimum atomic E-state index is -0.297. The lowest BCUT2D eigenvalue weighted by atomic mass is 10.1. The Labute approximate surface area is 179 Å². The lowest BCUT2D eigenvalue weighted by Gasteiger charge is -2.13. The van der Waals surface area contributed by atoms with Crippen LogP contribution in [-0.2, 0) is 4.79 Å². The van der Waals surface area contributed by atoms with Crippen molar-refractivity contribution in [2.24, 2.45) is 0 Å². The lowest BCUT2D eigenvalue weighted by molar-refractivity contribution is -0.121. The van der Waals surface area contributed by atoms with Gasteiger partial charge < -0.3 is 15.2 Å². The molecule has 2 aromatic heterocycles. The number of benzene rings is 1. The number of amides is 3. The van der Waals surface area contributed by atoms with Crippen LogP contribution in [0, 0.1) is 0 Å². The van der Waals surface area contributed by atoms with Crippen molar-refractivity contribution in [3.05, 3.63) is 72.1 Å². The van der Waals surface area contributed by atoms with E-state index in [2.05, 4.69) is 20.8 Å². The number of carbonyl (C=O) groups excluding carboxylic acids is 3. The Morgan fingerprint density at radius 2 is 1.58 bits per heavy atom. The van der Waals surface area contributed by atoms with E-state index in [-0.39, 0.29) is 30.7 Å². The molecule has 0 atom stereocenters. The maximum absolute atomic E-state index is 12.3. The third kappa shape index (κ3) is 4.61. The molecule has 0 fully saturated rings. The van der Waals surface area contributed by atoms with Gasteiger partial charge >= 0.3 is 0 Å². The standard InChI is InChI=1S/C22H22N6O3/c29-20(8-5-15-28-21(30)16-6-1-2-7-17(16)22(28)31)24-12-11-23-18-9-10-19(26-25-18)27-13-3-4-14-27/h1-4,6-7,9-10,13-14H,5,8,11-12,15H2,(H,23,25)(H,24,29). The average Bonchev–Trinajstić information content (AvgIpc) is 3.41. The van der Waals surface area contributed by atoms with Gasteiger partial charge in [0.2, 0.25) is 5.91 Å². The summed E-state index contributed by atoms with van der Waals surface area (Å²) in [5, 5.41) is 14.2. The van der Waals surface area contributed by atoms with Gasteiger partial charge in [-0.25, -0.2) is 0 Å². The number of hydrogen-bond acceptors (Lipinski definition) is 6. The first-order valence-corrected chi connectivity index (χ1v) is 10.1. The van der Waals surface area contributed by atoms with Crippen LogP contribution in [0.3, 0.4) is 0 Å². The molecule has 3 aromatic rings. The van der Waals surface area contributed by atoms with Crippen molar-refractivity contribution < 1.29 is 14.4 Å². The molecule has 0 saturated carbocycles. The smallest absolute Gasteiger partial charge is 0.261 e. The van der Waals surface area contributed by atoms with E-state index in [1.165, 1.54) is 4.90 Å². The third-order valence-corrected chi connectivity index (χ3v) is 4.94. The van der Waals surface area contributed by atoms with E-state index in [4.69, 9.17) is 0 Å². The molecule has 0 bridgehead atoms. The normalized spacial score (nSPS) is 12.7. The highest BCUT2D eigenvalue weighted by Crippen LogP contribution is 2.22. The maximum Gasteiger partial charge on any atom is 0.261 e. The van der Waals surface area contributed by atoms with Gasteiger partial charge in [-0.3, -0.25) is 19.3 Å². The van der Waals surface area contributed by atoms with Crippen LogP contribution < -0.4 is 10.6 Å². The minimum Gasteiger partial charge on any atom is -0.367 e. The monoisotopic (exact) mass is 418 g/mol. The highest BCUT2D eigenvalue weighted by atomic mass is 16.2. The second-order valence-electron chi connectivity index (χ2n) is 7.05. The van der Waals surface area contributed by atoms with E-state index in [0.717, 1.165) is 5.82 Å². The van der Waals surface area contributed by atoms with Crippen LogP contribution in [0.5, 0.6) is 0 Å². The van der Waals surface area contributed by atoms with E-state index >= 15 is 0 Å². The van der Waals surface area contributed by atoms with Gasteiger partial charge in [0.25, 0.3) is 11.8 Å². The molecule has 2 N–H and O–H groups in total. The van der Waals surface area contributed by atoms with E-state index in [1.54, 1.807) is 24.3 Å². The Bertz CT molecular complexity index is 1040. The maximum atomic E-state index is 12.3. The first-order valence-electron chi connectivity index (χ1n) is 10.1. The third-order valence-electron chi connectivity index (χ3n) is 4.94. The molecule has 4 rings (SSSR count). The Kier molecular flexibility index (Phi) is 6.02. The van der Waals surface area contributed by atoms with E-state index in [1.807, 2.05) is 41.2 Å². The molecule has 1 aliphatic rings. The molecule has 3 amide bonds. The zero-order valence-corrected chi connectivity index (χ0v) is 16.8. The zero-order chi connectivity index (χ0) is 21.6. The second-order valence-corrected chi connectivity index (χ2v) is 7.05. The van der Waals surface area contributed by atoms with E-state index in [9.17, 15) is 14.4 Å². The van der Waals surface area contributed by atoms with Crippen LogP contribution in [0.25, 0.3) is 5.82 Å². The van der Waals surface area contributed by atoms with E-state index in [0.29, 0.717) is 36.5 Å². The average molecular weight is 418 g/mol. The van der Waals surface area contributed by atoms with Gasteiger partial charge in [0.05, 0.1) is 11.1 Å². The molecule has 0 aliphatic carbocycles. The number of imide groups is 1. The first-order chi connectivity index (χ1) is 15.1. The van der Waals surface area contributed by atoms with Crippen LogP contribution in [0.1, 0.15) is 33.6 Å². The predicted octanol–water partition coefficient (Wildman–Crippen LogP) is 1.87. The van der Waals surface area contributed by atoms with Crippen molar-refractivity contribution in [2.75, 3.05) is 25.0 Å². The molecule has 0 unspecified atom stereocenters. The molecule has 0 radical (unpaired) electrons. The molecule has 3 heterocycles. The summed E-state index contributed by atoms with van der Waals surface area (Å²) < 4.78 is 1.86. The van der Waals surface area contributed by atoms with Crippen molar-refractivity contribution >= 4 is 23.5 Å². The highest BCUT2D eigenvalue weighted by Gasteiger charge is 2.34. The highest BCUT2D eigenvalue weighted by molar-refractivity contribution is 6.21. The number of nitrogens with one attached hydrogen (secondary N) is 2. The van der Waals surface area contributed by atoms with Gasteiger partial charge in [0.15, 0.2) is 5.82 Å². The number of carbonyl (C=O) groups is 3. The SMILES string of the molecule is O=C(CCCN1C(=O)c2ccccc2C1=O)NCCNc1ccc(-n2cccc2)nn1. The van der Waals surface area contributed by atoms with Crippen molar-refractivity contribution in [1.82, 2.24) is 25.0 Å². The Hall–Kier alpha value is -4.01. The fourth-order valence-electron chi connectivity index (χ4n) is 3.37. The van der Waals surface area contributed by atoms with Gasteiger partial charge in [0, 0.05) is 38.4 Å². The topological polar surface area (TPSA) is 109 Å². The molecule has 9 heteroatoms. The molecule has 1 aromatic carbocycles. The van der Waals surface area contributed by atoms with Crippen LogP contribution in [0.4, 0.5) is 5.82 Å². The molecule has 158 valence electrons. The number of aromatic nitrogens is 3. The summed E-state index contributed by atoms with van der Waals surface area (Å²) in [4.78, 5) is 37.8. The van der Waals surface area contributed by atoms with Gasteiger partial charge in [0.1, 0.15) is 5.82 Å². The van der Waals surface area contributed by atoms with Crippen LogP contribution in [0.15, 0.2) is 60.9 Å². The Morgan fingerprint density at radius 3 is 2.23 bits per heavy atom. The number of anilines is 1. The van der Waals surface area contributed by atoms with Gasteiger partial charge in [-0.2, -0.15) is 0 Å². The molecule has 31 heavy (non-hydrogen) atoms. The van der Waals surface area contributed by atoms with Crippen LogP contribution in [0.2, 0.25) is 0 Å². The van der Waals surface area contributed by atoms with Crippen LogP contribution in [-0.4, -0.2) is 57.0 Å². The van der Waals surface area contributed by atoms with E-state index < -0.39 is 0 Å². The number of nitrogens with zero attached hydrogens (tertiary/aromatic N) is 4. The van der Waals surface area contributed by atoms with Crippen molar-refractivity contribution in [2.45, 2.75) is 12.8 Å². The quantitative estimate of drug-likeness (QED) is 0.406. The molecule has 0 saturated heterocycles. The summed E-state index contributed by atoms with van der Waals surface area (Å²) in [7, 11) is 0. The van der Waals surface area contributed by atoms with Crippen molar-refractivity contribution in [3.8, 4) is 5.82 Å². The molecular formula is C22H22N6O3. The summed E-state index contributed by atoms with van der Waals surface area (Å²) in [5.41, 5.74) is 0.847. The molecule has 1 aliphatic heterocycles. The molecule has 0 spiro atoms. The summed E-state index contributed by atoms with van der Waals surface area (Å²) in [6.45, 7) is 1.15. The van der Waals surface area contributed by atoms with Crippen molar-refractivity contribution in [1.29, 1.82) is 0 Å². The van der Waals surface area contributed by atoms with Gasteiger partial charge in [-0.05, 0) is 42.8 Å². The Morgan fingerprint density at radius 1 is 0.871 bits per heavy atom. The minimum absolute atomic E-state index is 0.132. The fourth-order valence-corrected chi connectivity index (χ4v) is 3.37. The molecule has 9 nitrogen and oxygen atoms in total. The fraction of sp³-hybridized carbons (Fsp3) is 0.227. The lowest BCUT2D eigenvalue weighted by Crippen LogP contribution is -2.33. The predicted molar refractivity (Wildman–Crippen MR) is 114 cm³/mol. The van der Waals surface area contributed by atoms with Gasteiger partial charge in [-0.1, -0.05) is 12.1 Å². The Balaban J connectivity index is 1.14. The summed E-state index contributed by atoms with van der Waals surface area (Å²) >= 11 is 0. The number of rotatable bonds is 9. The number of fused-ring (bicyclic) bond motifs is 1. The first kappa shape index (κ1) is 20.3. The molecular weight excluding hydrogens is 396 g/mol. The largest absolute Gasteiger partial charge is 0.367 e. The second kappa shape index (κ2) is 9.21. The summed E-state index contributed by atoms with van der Waals surface area (Å²) in [5.74, 6) is 0.619. The number of hydrogen-bond donors (Lipinski definition) is 2. The van der Waals surface area contributed by atoms with Crippen molar-refractivity contribution in [3.63, 3.8) is 0 Å². The summed E-state index contributed by atoms with van der Waals surface area (Å²) in [6.07, 6.45) is 4.43. The summed E-state index contributed by atoms with van der Waals surface area (Å²) in [6, 6.07) is 14.3. The zero-order valence-electron chi connectivity index (χ0n) is 16.8. The van der Waals surface area contributed by atoms with Crippen LogP contribution >= 0.6 is 0 Å².